The maximum atomic E-state index is 14.0. The van der Waals surface area contributed by atoms with E-state index < -0.39 is 28.5 Å². The van der Waals surface area contributed by atoms with Gasteiger partial charge in [0.2, 0.25) is 11.8 Å². The Morgan fingerprint density at radius 2 is 1.54 bits per heavy atom. The Kier molecular flexibility index (Phi) is 10.8. The average molecular weight is 582 g/mol. The normalized spacial score (nSPS) is 12.6. The molecular formula is C31H39N3O6S. The summed E-state index contributed by atoms with van der Waals surface area (Å²) in [6.45, 7) is 6.94. The number of aryl methyl sites for hydroxylation is 1. The van der Waals surface area contributed by atoms with Crippen molar-refractivity contribution in [2.45, 2.75) is 57.6 Å². The first kappa shape index (κ1) is 31.5. The van der Waals surface area contributed by atoms with Crippen LogP contribution in [0.4, 0.5) is 5.69 Å². The summed E-state index contributed by atoms with van der Waals surface area (Å²) < 4.78 is 39.8. The van der Waals surface area contributed by atoms with E-state index >= 15 is 0 Å². The predicted octanol–water partition coefficient (Wildman–Crippen LogP) is 4.54. The van der Waals surface area contributed by atoms with Gasteiger partial charge in [-0.05, 0) is 57.0 Å². The molecule has 0 saturated carbocycles. The molecule has 41 heavy (non-hydrogen) atoms. The molecule has 1 N–H and O–H groups in total. The molecule has 0 radical (unpaired) electrons. The first-order valence-electron chi connectivity index (χ1n) is 13.5. The summed E-state index contributed by atoms with van der Waals surface area (Å²) in [7, 11) is -1.27. The van der Waals surface area contributed by atoms with E-state index in [4.69, 9.17) is 9.47 Å². The van der Waals surface area contributed by atoms with Crippen molar-refractivity contribution >= 4 is 27.5 Å². The van der Waals surface area contributed by atoms with Crippen molar-refractivity contribution in [2.24, 2.45) is 0 Å². The summed E-state index contributed by atoms with van der Waals surface area (Å²) >= 11 is 0. The number of nitrogens with zero attached hydrogens (tertiary/aromatic N) is 2. The number of carbonyl (C=O) groups excluding carboxylic acids is 2. The molecule has 2 amide bonds. The number of methoxy groups -OCH3 is 2. The van der Waals surface area contributed by atoms with Gasteiger partial charge in [0.25, 0.3) is 10.0 Å². The summed E-state index contributed by atoms with van der Waals surface area (Å²) in [6.07, 6.45) is 0.729. The van der Waals surface area contributed by atoms with Crippen molar-refractivity contribution in [2.75, 3.05) is 25.1 Å². The molecule has 3 aromatic rings. The van der Waals surface area contributed by atoms with Crippen LogP contribution in [-0.4, -0.2) is 58.0 Å². The topological polar surface area (TPSA) is 105 Å². The van der Waals surface area contributed by atoms with Gasteiger partial charge in [-0.25, -0.2) is 8.42 Å². The molecule has 220 valence electrons. The molecule has 0 fully saturated rings. The molecule has 0 aliphatic heterocycles. The van der Waals surface area contributed by atoms with Gasteiger partial charge in [-0.3, -0.25) is 13.9 Å². The van der Waals surface area contributed by atoms with E-state index in [0.29, 0.717) is 11.5 Å². The number of anilines is 1. The molecule has 3 rings (SSSR count). The monoisotopic (exact) mass is 581 g/mol. The van der Waals surface area contributed by atoms with Gasteiger partial charge in [-0.2, -0.15) is 0 Å². The fraction of sp³-hybridized carbons (Fsp3) is 0.355. The zero-order valence-electron chi connectivity index (χ0n) is 24.5. The van der Waals surface area contributed by atoms with Gasteiger partial charge < -0.3 is 19.7 Å². The average Bonchev–Trinajstić information content (AvgIpc) is 2.98. The van der Waals surface area contributed by atoms with Crippen LogP contribution < -0.4 is 19.1 Å². The lowest BCUT2D eigenvalue weighted by Crippen LogP contribution is -2.52. The minimum atomic E-state index is -4.20. The number of sulfonamides is 1. The molecule has 0 heterocycles. The van der Waals surface area contributed by atoms with Crippen LogP contribution in [-0.2, 0) is 26.2 Å². The molecule has 3 aromatic carbocycles. The maximum Gasteiger partial charge on any atom is 0.264 e. The van der Waals surface area contributed by atoms with Gasteiger partial charge in [0.15, 0.2) is 11.5 Å². The maximum absolute atomic E-state index is 14.0. The number of ether oxygens (including phenoxy) is 2. The fourth-order valence-corrected chi connectivity index (χ4v) is 5.58. The number of hydrogen-bond acceptors (Lipinski definition) is 6. The van der Waals surface area contributed by atoms with Crippen LogP contribution in [0, 0.1) is 6.92 Å². The minimum absolute atomic E-state index is 0.0304. The Bertz CT molecular complexity index is 1430. The van der Waals surface area contributed by atoms with Gasteiger partial charge in [-0.15, -0.1) is 0 Å². The molecule has 0 aromatic heterocycles. The molecule has 10 heteroatoms. The Hall–Kier alpha value is -4.05. The van der Waals surface area contributed by atoms with Crippen molar-refractivity contribution in [1.82, 2.24) is 10.2 Å². The van der Waals surface area contributed by atoms with Crippen molar-refractivity contribution in [1.29, 1.82) is 0 Å². The van der Waals surface area contributed by atoms with E-state index in [1.165, 1.54) is 37.3 Å². The lowest BCUT2D eigenvalue weighted by molar-refractivity contribution is -0.139. The molecule has 9 nitrogen and oxygen atoms in total. The Morgan fingerprint density at radius 3 is 2.12 bits per heavy atom. The van der Waals surface area contributed by atoms with E-state index in [0.717, 1.165) is 21.9 Å². The Labute approximate surface area is 243 Å². The number of amides is 2. The van der Waals surface area contributed by atoms with Crippen LogP contribution in [0.5, 0.6) is 11.5 Å². The molecular weight excluding hydrogens is 542 g/mol. The molecule has 0 spiro atoms. The largest absolute Gasteiger partial charge is 0.493 e. The van der Waals surface area contributed by atoms with Crippen LogP contribution in [0.25, 0.3) is 0 Å². The van der Waals surface area contributed by atoms with E-state index in [1.54, 1.807) is 31.2 Å². The van der Waals surface area contributed by atoms with Crippen molar-refractivity contribution < 1.29 is 27.5 Å². The van der Waals surface area contributed by atoms with E-state index in [9.17, 15) is 18.0 Å². The van der Waals surface area contributed by atoms with Gasteiger partial charge in [0.05, 0.1) is 24.8 Å². The second-order valence-corrected chi connectivity index (χ2v) is 11.7. The highest BCUT2D eigenvalue weighted by Crippen LogP contribution is 2.34. The molecule has 0 aliphatic rings. The highest BCUT2D eigenvalue weighted by Gasteiger charge is 2.33. The van der Waals surface area contributed by atoms with Gasteiger partial charge >= 0.3 is 0 Å². The number of benzene rings is 3. The first-order valence-corrected chi connectivity index (χ1v) is 14.9. The first-order chi connectivity index (χ1) is 19.5. The van der Waals surface area contributed by atoms with Crippen LogP contribution in [0.15, 0.2) is 77.7 Å². The standard InChI is InChI=1S/C31H39N3O6S/c1-7-23(3)32-31(36)24(4)33(20-25-11-9-8-10-12-25)30(35)21-34(26-15-18-28(39-5)29(19-26)40-6)41(37,38)27-16-13-22(2)14-17-27/h8-19,23-24H,7,20-21H2,1-6H3,(H,32,36)/t23-,24-/m0/s1. The third kappa shape index (κ3) is 7.79. The third-order valence-electron chi connectivity index (χ3n) is 6.91. The second kappa shape index (κ2) is 14.0. The summed E-state index contributed by atoms with van der Waals surface area (Å²) in [5.41, 5.74) is 1.92. The fourth-order valence-electron chi connectivity index (χ4n) is 4.17. The number of hydrogen-bond donors (Lipinski definition) is 1. The smallest absolute Gasteiger partial charge is 0.264 e. The molecule has 2 atom stereocenters. The van der Waals surface area contributed by atoms with Gasteiger partial charge in [0, 0.05) is 18.7 Å². The quantitative estimate of drug-likeness (QED) is 0.318. The van der Waals surface area contributed by atoms with E-state index in [2.05, 4.69) is 5.32 Å². The zero-order valence-corrected chi connectivity index (χ0v) is 25.3. The Balaban J connectivity index is 2.07. The number of carbonyl (C=O) groups is 2. The highest BCUT2D eigenvalue weighted by atomic mass is 32.2. The van der Waals surface area contributed by atoms with Crippen molar-refractivity contribution in [3.8, 4) is 11.5 Å². The number of nitrogens with one attached hydrogen (secondary N) is 1. The minimum Gasteiger partial charge on any atom is -0.493 e. The van der Waals surface area contributed by atoms with Crippen LogP contribution in [0.1, 0.15) is 38.3 Å². The van der Waals surface area contributed by atoms with Crippen LogP contribution >= 0.6 is 0 Å². The lowest BCUT2D eigenvalue weighted by Gasteiger charge is -2.32. The summed E-state index contributed by atoms with van der Waals surface area (Å²) in [6, 6.07) is 19.4. The highest BCUT2D eigenvalue weighted by molar-refractivity contribution is 7.92. The summed E-state index contributed by atoms with van der Waals surface area (Å²) in [5.74, 6) is -0.130. The zero-order chi connectivity index (χ0) is 30.2. The van der Waals surface area contributed by atoms with Crippen molar-refractivity contribution in [3.05, 3.63) is 83.9 Å². The summed E-state index contributed by atoms with van der Waals surface area (Å²) in [4.78, 5) is 28.6. The van der Waals surface area contributed by atoms with E-state index in [1.807, 2.05) is 51.1 Å². The molecule has 0 bridgehead atoms. The van der Waals surface area contributed by atoms with E-state index in [-0.39, 0.29) is 29.1 Å². The second-order valence-electron chi connectivity index (χ2n) is 9.87. The van der Waals surface area contributed by atoms with Crippen molar-refractivity contribution in [3.63, 3.8) is 0 Å². The van der Waals surface area contributed by atoms with Gasteiger partial charge in [0.1, 0.15) is 12.6 Å². The molecule has 0 saturated heterocycles. The van der Waals surface area contributed by atoms with Crippen LogP contribution in [0.2, 0.25) is 0 Å². The van der Waals surface area contributed by atoms with Crippen LogP contribution in [0.3, 0.4) is 0 Å². The summed E-state index contributed by atoms with van der Waals surface area (Å²) in [5, 5.41) is 2.93. The number of rotatable bonds is 13. The lowest BCUT2D eigenvalue weighted by atomic mass is 10.1. The molecule has 0 unspecified atom stereocenters. The van der Waals surface area contributed by atoms with Gasteiger partial charge in [-0.1, -0.05) is 55.0 Å². The predicted molar refractivity (Wildman–Crippen MR) is 160 cm³/mol. The molecule has 0 aliphatic carbocycles. The SMILES string of the molecule is CC[C@H](C)NC(=O)[C@H](C)N(Cc1ccccc1)C(=O)CN(c1ccc(OC)c(OC)c1)S(=O)(=O)c1ccc(C)cc1. The third-order valence-corrected chi connectivity index (χ3v) is 8.70. The Morgan fingerprint density at radius 1 is 0.902 bits per heavy atom.